The molecule has 0 bridgehead atoms. The molecular formula is C16H27ClN4. The van der Waals surface area contributed by atoms with Gasteiger partial charge in [0.1, 0.15) is 5.82 Å². The average molecular weight is 311 g/mol. The van der Waals surface area contributed by atoms with Gasteiger partial charge in [-0.1, -0.05) is 32.4 Å². The molecule has 1 aliphatic rings. The van der Waals surface area contributed by atoms with E-state index in [4.69, 9.17) is 16.6 Å². The second-order valence-electron chi connectivity index (χ2n) is 6.55. The van der Waals surface area contributed by atoms with E-state index in [1.807, 2.05) is 12.1 Å². The molecule has 1 aromatic heterocycles. The highest BCUT2D eigenvalue weighted by molar-refractivity contribution is 6.31. The molecule has 2 heterocycles. The molecule has 2 unspecified atom stereocenters. The summed E-state index contributed by atoms with van der Waals surface area (Å²) in [7, 11) is 4.30. The van der Waals surface area contributed by atoms with Gasteiger partial charge in [-0.3, -0.25) is 0 Å². The second-order valence-corrected chi connectivity index (χ2v) is 6.95. The Kier molecular flexibility index (Phi) is 5.47. The van der Waals surface area contributed by atoms with Gasteiger partial charge in [0.05, 0.1) is 10.7 Å². The van der Waals surface area contributed by atoms with E-state index in [2.05, 4.69) is 50.0 Å². The van der Waals surface area contributed by atoms with Crippen molar-refractivity contribution in [3.8, 4) is 0 Å². The number of halogens is 1. The summed E-state index contributed by atoms with van der Waals surface area (Å²) < 4.78 is 0. The third kappa shape index (κ3) is 4.09. The lowest BCUT2D eigenvalue weighted by molar-refractivity contribution is 0.266. The monoisotopic (exact) mass is 310 g/mol. The normalized spacial score (nSPS) is 22.6. The number of likely N-dealkylation sites (N-methyl/N-ethyl adjacent to an activating group) is 1. The molecule has 118 valence electrons. The van der Waals surface area contributed by atoms with Crippen molar-refractivity contribution in [3.63, 3.8) is 0 Å². The minimum absolute atomic E-state index is 0.427. The van der Waals surface area contributed by atoms with Crippen LogP contribution in [-0.4, -0.2) is 49.2 Å². The summed E-state index contributed by atoms with van der Waals surface area (Å²) in [6.07, 6.45) is 0. The Bertz CT molecular complexity index is 475. The van der Waals surface area contributed by atoms with E-state index in [-0.39, 0.29) is 0 Å². The van der Waals surface area contributed by atoms with Gasteiger partial charge in [0, 0.05) is 31.7 Å². The van der Waals surface area contributed by atoms with Crippen molar-refractivity contribution in [2.75, 3.05) is 32.1 Å². The minimum atomic E-state index is 0.427. The minimum Gasteiger partial charge on any atom is -0.355 e. The molecule has 0 saturated carbocycles. The van der Waals surface area contributed by atoms with Crippen LogP contribution in [0.4, 0.5) is 5.82 Å². The predicted octanol–water partition coefficient (Wildman–Crippen LogP) is 2.62. The summed E-state index contributed by atoms with van der Waals surface area (Å²) in [5.74, 6) is 1.69. The van der Waals surface area contributed by atoms with E-state index < -0.39 is 0 Å². The van der Waals surface area contributed by atoms with Crippen molar-refractivity contribution in [1.29, 1.82) is 0 Å². The molecule has 5 heteroatoms. The number of nitrogens with one attached hydrogen (secondary N) is 1. The fourth-order valence-corrected chi connectivity index (χ4v) is 3.05. The molecule has 21 heavy (non-hydrogen) atoms. The summed E-state index contributed by atoms with van der Waals surface area (Å²) in [5, 5.41) is 4.12. The van der Waals surface area contributed by atoms with Gasteiger partial charge in [-0.25, -0.2) is 4.98 Å². The van der Waals surface area contributed by atoms with Crippen molar-refractivity contribution in [1.82, 2.24) is 15.2 Å². The van der Waals surface area contributed by atoms with E-state index in [1.54, 1.807) is 0 Å². The van der Waals surface area contributed by atoms with Crippen LogP contribution in [-0.2, 0) is 6.54 Å². The number of nitrogens with zero attached hydrogens (tertiary/aromatic N) is 3. The van der Waals surface area contributed by atoms with Crippen molar-refractivity contribution in [2.45, 2.75) is 39.4 Å². The number of aromatic nitrogens is 1. The second kappa shape index (κ2) is 6.95. The van der Waals surface area contributed by atoms with Gasteiger partial charge in [0.15, 0.2) is 0 Å². The van der Waals surface area contributed by atoms with Gasteiger partial charge in [-0.15, -0.1) is 0 Å². The van der Waals surface area contributed by atoms with E-state index in [1.165, 1.54) is 0 Å². The molecule has 0 aromatic carbocycles. The van der Waals surface area contributed by atoms with Crippen LogP contribution in [0.3, 0.4) is 0 Å². The molecule has 0 spiro atoms. The third-order valence-corrected chi connectivity index (χ3v) is 4.49. The molecule has 1 fully saturated rings. The standard InChI is InChI=1S/C16H27ClN4/c1-11(2)18-8-14-13(17)6-7-16(19-14)21-9-12(3)15(10-21)20(4)5/h6-7,11-12,15,18H,8-10H2,1-5H3. The molecule has 4 nitrogen and oxygen atoms in total. The van der Waals surface area contributed by atoms with Crippen molar-refractivity contribution in [3.05, 3.63) is 22.8 Å². The van der Waals surface area contributed by atoms with Gasteiger partial charge in [0.2, 0.25) is 0 Å². The highest BCUT2D eigenvalue weighted by Crippen LogP contribution is 2.26. The Morgan fingerprint density at radius 1 is 1.38 bits per heavy atom. The van der Waals surface area contributed by atoms with Gasteiger partial charge >= 0.3 is 0 Å². The Hall–Kier alpha value is -0.840. The number of hydrogen-bond acceptors (Lipinski definition) is 4. The summed E-state index contributed by atoms with van der Waals surface area (Å²) >= 11 is 6.26. The first-order valence-electron chi connectivity index (χ1n) is 7.68. The fraction of sp³-hybridized carbons (Fsp3) is 0.688. The van der Waals surface area contributed by atoms with Gasteiger partial charge in [0.25, 0.3) is 0 Å². The quantitative estimate of drug-likeness (QED) is 0.906. The van der Waals surface area contributed by atoms with Crippen molar-refractivity contribution >= 4 is 17.4 Å². The molecular weight excluding hydrogens is 284 g/mol. The topological polar surface area (TPSA) is 31.4 Å². The summed E-state index contributed by atoms with van der Waals surface area (Å²) in [5.41, 5.74) is 0.934. The molecule has 1 aromatic rings. The Balaban J connectivity index is 2.12. The maximum absolute atomic E-state index is 6.26. The molecule has 0 amide bonds. The summed E-state index contributed by atoms with van der Waals surface area (Å²) in [6, 6.07) is 5.01. The van der Waals surface area contributed by atoms with Crippen LogP contribution < -0.4 is 10.2 Å². The highest BCUT2D eigenvalue weighted by Gasteiger charge is 2.31. The molecule has 1 N–H and O–H groups in total. The Morgan fingerprint density at radius 2 is 2.10 bits per heavy atom. The molecule has 0 radical (unpaired) electrons. The smallest absolute Gasteiger partial charge is 0.129 e. The van der Waals surface area contributed by atoms with Crippen LogP contribution in [0.15, 0.2) is 12.1 Å². The van der Waals surface area contributed by atoms with Gasteiger partial charge in [-0.05, 0) is 32.1 Å². The maximum Gasteiger partial charge on any atom is 0.129 e. The molecule has 2 rings (SSSR count). The summed E-state index contributed by atoms with van der Waals surface area (Å²) in [6.45, 7) is 9.35. The Labute approximate surface area is 133 Å². The van der Waals surface area contributed by atoms with E-state index in [0.717, 1.165) is 29.6 Å². The molecule has 1 saturated heterocycles. The lowest BCUT2D eigenvalue weighted by atomic mass is 10.1. The average Bonchev–Trinajstić information content (AvgIpc) is 2.80. The van der Waals surface area contributed by atoms with Crippen molar-refractivity contribution < 1.29 is 0 Å². The number of hydrogen-bond donors (Lipinski definition) is 1. The van der Waals surface area contributed by atoms with Crippen LogP contribution in [0.25, 0.3) is 0 Å². The van der Waals surface area contributed by atoms with E-state index in [0.29, 0.717) is 24.5 Å². The zero-order valence-electron chi connectivity index (χ0n) is 13.7. The van der Waals surface area contributed by atoms with Crippen LogP contribution in [0.1, 0.15) is 26.5 Å². The fourth-order valence-electron chi connectivity index (χ4n) is 2.88. The Morgan fingerprint density at radius 3 is 2.67 bits per heavy atom. The van der Waals surface area contributed by atoms with Gasteiger partial charge < -0.3 is 15.1 Å². The zero-order chi connectivity index (χ0) is 15.6. The van der Waals surface area contributed by atoms with Crippen LogP contribution in [0.2, 0.25) is 5.02 Å². The first-order chi connectivity index (χ1) is 9.88. The SMILES string of the molecule is CC(C)NCc1nc(N2CC(C)C(N(C)C)C2)ccc1Cl. The lowest BCUT2D eigenvalue weighted by Crippen LogP contribution is -2.34. The predicted molar refractivity (Wildman–Crippen MR) is 90.1 cm³/mol. The highest BCUT2D eigenvalue weighted by atomic mass is 35.5. The molecule has 1 aliphatic heterocycles. The first kappa shape index (κ1) is 16.5. The first-order valence-corrected chi connectivity index (χ1v) is 8.06. The maximum atomic E-state index is 6.26. The third-order valence-electron chi connectivity index (χ3n) is 4.14. The van der Waals surface area contributed by atoms with Crippen LogP contribution in [0, 0.1) is 5.92 Å². The van der Waals surface area contributed by atoms with Crippen LogP contribution in [0.5, 0.6) is 0 Å². The van der Waals surface area contributed by atoms with E-state index >= 15 is 0 Å². The largest absolute Gasteiger partial charge is 0.355 e. The number of rotatable bonds is 5. The van der Waals surface area contributed by atoms with Crippen molar-refractivity contribution in [2.24, 2.45) is 5.92 Å². The zero-order valence-corrected chi connectivity index (χ0v) is 14.5. The van der Waals surface area contributed by atoms with E-state index in [9.17, 15) is 0 Å². The summed E-state index contributed by atoms with van der Waals surface area (Å²) in [4.78, 5) is 9.44. The molecule has 0 aliphatic carbocycles. The molecule has 2 atom stereocenters. The van der Waals surface area contributed by atoms with Crippen LogP contribution >= 0.6 is 11.6 Å². The number of pyridine rings is 1. The van der Waals surface area contributed by atoms with Gasteiger partial charge in [-0.2, -0.15) is 0 Å². The number of anilines is 1. The lowest BCUT2D eigenvalue weighted by Gasteiger charge is -2.23.